The van der Waals surface area contributed by atoms with Gasteiger partial charge in [0.2, 0.25) is 17.7 Å². The molecule has 0 unspecified atom stereocenters. The molecule has 0 spiro atoms. The molecule has 4 saturated heterocycles. The van der Waals surface area contributed by atoms with E-state index in [2.05, 4.69) is 42.6 Å². The minimum Gasteiger partial charge on any atom is -0.492 e. The number of halogens is 2. The third-order valence-corrected chi connectivity index (χ3v) is 15.2. The van der Waals surface area contributed by atoms with Gasteiger partial charge in [0.1, 0.15) is 35.3 Å². The lowest BCUT2D eigenvalue weighted by Crippen LogP contribution is -2.62. The Kier molecular flexibility index (Phi) is 13.7. The third kappa shape index (κ3) is 9.97. The average molecular weight is 982 g/mol. The molecule has 5 aliphatic heterocycles. The van der Waals surface area contributed by atoms with E-state index in [0.717, 1.165) is 72.2 Å². The van der Waals surface area contributed by atoms with Crippen LogP contribution in [0.4, 0.5) is 14.6 Å². The summed E-state index contributed by atoms with van der Waals surface area (Å²) < 4.78 is 36.6. The highest BCUT2D eigenvalue weighted by molar-refractivity contribution is 6.05. The first-order valence-electron chi connectivity index (χ1n) is 24.9. The van der Waals surface area contributed by atoms with Crippen molar-refractivity contribution in [2.45, 2.75) is 75.9 Å². The van der Waals surface area contributed by atoms with Gasteiger partial charge in [-0.3, -0.25) is 34.2 Å². The monoisotopic (exact) mass is 981 g/mol. The Morgan fingerprint density at radius 3 is 2.42 bits per heavy atom. The number of carbonyl (C=O) groups is 5. The van der Waals surface area contributed by atoms with E-state index < -0.39 is 35.0 Å². The van der Waals surface area contributed by atoms with Gasteiger partial charge in [-0.05, 0) is 112 Å². The number of nitriles is 1. The first-order valence-corrected chi connectivity index (χ1v) is 24.9. The maximum atomic E-state index is 14.9. The van der Waals surface area contributed by atoms with Crippen LogP contribution in [-0.4, -0.2) is 147 Å². The van der Waals surface area contributed by atoms with Crippen molar-refractivity contribution in [3.8, 4) is 22.9 Å². The molecule has 0 saturated carbocycles. The fourth-order valence-electron chi connectivity index (χ4n) is 11.2. The van der Waals surface area contributed by atoms with Crippen molar-refractivity contribution >= 4 is 40.9 Å². The average Bonchev–Trinajstić information content (AvgIpc) is 3.96. The smallest absolute Gasteiger partial charge is 0.255 e. The van der Waals surface area contributed by atoms with E-state index in [-0.39, 0.29) is 35.6 Å². The lowest BCUT2D eigenvalue weighted by atomic mass is 9.86. The molecule has 4 fully saturated rings. The number of aromatic nitrogens is 3. The molecule has 72 heavy (non-hydrogen) atoms. The SMILES string of the molecule is CCOc1cc(-c2ccc(N3CCC(CN4CCN(C(=O)CCN5CCC(c6ccc7c(c6)C(=O)N([C@@H]6CCC(=O)NC6=O)C7)CC5)CC4)(NC(=O)c4cc(F)ccc4F)CC3)nc2)c2c(C#N)cnn2c1. The largest absolute Gasteiger partial charge is 0.492 e. The number of pyridine rings is 2. The van der Waals surface area contributed by atoms with E-state index in [4.69, 9.17) is 9.72 Å². The molecule has 0 radical (unpaired) electrons. The van der Waals surface area contributed by atoms with E-state index in [0.29, 0.717) is 114 Å². The summed E-state index contributed by atoms with van der Waals surface area (Å²) in [6, 6.07) is 16.3. The van der Waals surface area contributed by atoms with Crippen LogP contribution in [0.25, 0.3) is 16.6 Å². The van der Waals surface area contributed by atoms with Crippen LogP contribution >= 0.6 is 0 Å². The van der Waals surface area contributed by atoms with E-state index in [1.165, 1.54) is 6.20 Å². The maximum Gasteiger partial charge on any atom is 0.255 e. The number of nitrogens with zero attached hydrogens (tertiary/aromatic N) is 9. The molecule has 2 aromatic carbocycles. The van der Waals surface area contributed by atoms with Crippen LogP contribution in [0.3, 0.4) is 0 Å². The summed E-state index contributed by atoms with van der Waals surface area (Å²) in [4.78, 5) is 79.9. The second kappa shape index (κ2) is 20.4. The number of carbonyl (C=O) groups excluding carboxylic acids is 5. The topological polar surface area (TPSA) is 189 Å². The number of hydrogen-bond acceptors (Lipinski definition) is 12. The summed E-state index contributed by atoms with van der Waals surface area (Å²) in [5.41, 5.74) is 4.11. The Morgan fingerprint density at radius 2 is 1.69 bits per heavy atom. The Hall–Kier alpha value is -7.30. The molecular formula is C53H57F2N11O6. The van der Waals surface area contributed by atoms with E-state index in [9.17, 15) is 38.0 Å². The third-order valence-electron chi connectivity index (χ3n) is 15.2. The number of amides is 5. The molecule has 2 N–H and O–H groups in total. The zero-order chi connectivity index (χ0) is 50.1. The molecule has 19 heteroatoms. The zero-order valence-corrected chi connectivity index (χ0v) is 40.2. The fourth-order valence-corrected chi connectivity index (χ4v) is 11.2. The second-order valence-electron chi connectivity index (χ2n) is 19.6. The van der Waals surface area contributed by atoms with Crippen LogP contribution in [-0.2, 0) is 20.9 Å². The molecule has 8 heterocycles. The number of rotatable bonds is 13. The van der Waals surface area contributed by atoms with E-state index in [1.807, 2.05) is 42.2 Å². The number of piperazine rings is 1. The molecule has 1 atom stereocenters. The highest BCUT2D eigenvalue weighted by Crippen LogP contribution is 2.36. The summed E-state index contributed by atoms with van der Waals surface area (Å²) in [6.07, 6.45) is 8.76. The number of benzene rings is 2. The van der Waals surface area contributed by atoms with Crippen LogP contribution < -0.4 is 20.3 Å². The molecule has 3 aromatic heterocycles. The highest BCUT2D eigenvalue weighted by Gasteiger charge is 2.41. The van der Waals surface area contributed by atoms with Crippen LogP contribution in [0.5, 0.6) is 5.75 Å². The number of hydrogen-bond donors (Lipinski definition) is 2. The summed E-state index contributed by atoms with van der Waals surface area (Å²) >= 11 is 0. The Balaban J connectivity index is 0.730. The van der Waals surface area contributed by atoms with Crippen molar-refractivity contribution in [1.29, 1.82) is 5.26 Å². The van der Waals surface area contributed by atoms with Gasteiger partial charge in [0.25, 0.3) is 11.8 Å². The van der Waals surface area contributed by atoms with Crippen molar-refractivity contribution in [3.05, 3.63) is 113 Å². The summed E-state index contributed by atoms with van der Waals surface area (Å²) in [5, 5.41) is 19.6. The van der Waals surface area contributed by atoms with Gasteiger partial charge in [-0.2, -0.15) is 10.4 Å². The Bertz CT molecular complexity index is 2950. The predicted molar refractivity (Wildman–Crippen MR) is 261 cm³/mol. The molecule has 0 aliphatic carbocycles. The fraction of sp³-hybridized carbons (Fsp3) is 0.434. The van der Waals surface area contributed by atoms with Gasteiger partial charge in [-0.25, -0.2) is 18.3 Å². The van der Waals surface area contributed by atoms with Gasteiger partial charge < -0.3 is 29.7 Å². The molecule has 5 aromatic rings. The Labute approximate surface area is 415 Å². The minimum atomic E-state index is -0.803. The van der Waals surface area contributed by atoms with Crippen molar-refractivity contribution in [1.82, 2.24) is 44.8 Å². The summed E-state index contributed by atoms with van der Waals surface area (Å²) in [7, 11) is 0. The summed E-state index contributed by atoms with van der Waals surface area (Å²) in [5.74, 6) is -1.38. The maximum absolute atomic E-state index is 14.9. The zero-order valence-electron chi connectivity index (χ0n) is 40.2. The lowest BCUT2D eigenvalue weighted by molar-refractivity contribution is -0.137. The van der Waals surface area contributed by atoms with Gasteiger partial charge in [0.15, 0.2) is 0 Å². The van der Waals surface area contributed by atoms with Gasteiger partial charge in [-0.15, -0.1) is 0 Å². The van der Waals surface area contributed by atoms with Crippen molar-refractivity contribution < 1.29 is 37.5 Å². The number of nitrogens with one attached hydrogen (secondary N) is 2. The van der Waals surface area contributed by atoms with E-state index >= 15 is 0 Å². The van der Waals surface area contributed by atoms with Crippen LogP contribution in [0.1, 0.15) is 95.2 Å². The number of anilines is 1. The first kappa shape index (κ1) is 48.3. The first-order chi connectivity index (χ1) is 34.9. The normalized spacial score (nSPS) is 19.8. The van der Waals surface area contributed by atoms with Crippen molar-refractivity contribution in [2.75, 3.05) is 77.0 Å². The van der Waals surface area contributed by atoms with Gasteiger partial charge in [0, 0.05) is 94.6 Å². The quantitative estimate of drug-likeness (QED) is 0.152. The number of likely N-dealkylation sites (tertiary alicyclic amines) is 1. The van der Waals surface area contributed by atoms with Crippen molar-refractivity contribution in [3.63, 3.8) is 0 Å². The van der Waals surface area contributed by atoms with Crippen molar-refractivity contribution in [2.24, 2.45) is 0 Å². The van der Waals surface area contributed by atoms with Crippen LogP contribution in [0, 0.1) is 23.0 Å². The molecule has 374 valence electrons. The molecule has 17 nitrogen and oxygen atoms in total. The van der Waals surface area contributed by atoms with E-state index in [1.54, 1.807) is 21.8 Å². The predicted octanol–water partition coefficient (Wildman–Crippen LogP) is 4.89. The number of imide groups is 1. The molecule has 5 aliphatic rings. The standard InChI is InChI=1S/C53H57F2N11O6/c1-2-72-40-27-41(49-38(28-56)30-58-66(49)32-40)36-5-9-46(57-29-36)63-19-14-53(15-20-63,60-50(69)43-26-39(54)6-7-44(43)55)33-62-21-23-64(24-22-62)48(68)13-18-61-16-11-34(12-17-61)35-3-4-37-31-65(52(71)42(37)25-35)45-8-10-47(67)59-51(45)70/h3-7,9,25-27,29-30,32,34,45H,2,8,10-24,31,33H2,1H3,(H,60,69)(H,59,67,70)/t45-/m1/s1. The summed E-state index contributed by atoms with van der Waals surface area (Å²) in [6.45, 7) is 8.76. The molecule has 5 amide bonds. The van der Waals surface area contributed by atoms with Gasteiger partial charge >= 0.3 is 0 Å². The Morgan fingerprint density at radius 1 is 0.903 bits per heavy atom. The highest BCUT2D eigenvalue weighted by atomic mass is 19.1. The number of fused-ring (bicyclic) bond motifs is 2. The number of piperidine rings is 3. The molecule has 0 bridgehead atoms. The second-order valence-corrected chi connectivity index (χ2v) is 19.6. The van der Waals surface area contributed by atoms with Gasteiger partial charge in [0.05, 0.1) is 41.2 Å². The van der Waals surface area contributed by atoms with Crippen LogP contribution in [0.15, 0.2) is 73.2 Å². The van der Waals surface area contributed by atoms with Crippen LogP contribution in [0.2, 0.25) is 0 Å². The molecular weight excluding hydrogens is 925 g/mol. The molecule has 10 rings (SSSR count). The number of ether oxygens (including phenoxy) is 1. The van der Waals surface area contributed by atoms with Gasteiger partial charge in [-0.1, -0.05) is 12.1 Å². The lowest BCUT2D eigenvalue weighted by Gasteiger charge is -2.46. The minimum absolute atomic E-state index is 0.0907.